The summed E-state index contributed by atoms with van der Waals surface area (Å²) >= 11 is 1.58. The fraction of sp³-hybridized carbons (Fsp3) is 0.400. The number of morpholine rings is 1. The van der Waals surface area contributed by atoms with Crippen LogP contribution in [0.5, 0.6) is 0 Å². The van der Waals surface area contributed by atoms with Gasteiger partial charge in [-0.05, 0) is 52.8 Å². The summed E-state index contributed by atoms with van der Waals surface area (Å²) in [6.45, 7) is 8.93. The Morgan fingerprint density at radius 3 is 2.36 bits per heavy atom. The van der Waals surface area contributed by atoms with Crippen molar-refractivity contribution in [2.24, 2.45) is 0 Å². The highest BCUT2D eigenvalue weighted by molar-refractivity contribution is 7.09. The van der Waals surface area contributed by atoms with Crippen LogP contribution in [0.2, 0.25) is 0 Å². The molecule has 1 aromatic heterocycles. The van der Waals surface area contributed by atoms with Gasteiger partial charge >= 0.3 is 6.03 Å². The Morgan fingerprint density at radius 1 is 1.00 bits per heavy atom. The van der Waals surface area contributed by atoms with E-state index in [-0.39, 0.29) is 24.3 Å². The van der Waals surface area contributed by atoms with E-state index in [0.717, 1.165) is 23.5 Å². The first-order valence-electron chi connectivity index (χ1n) is 13.4. The SMILES string of the molecule is CC(C)c1ccc(NC(=O)N(CCN2CCOCC2)CC(=O)N(Cc2ccc(F)cc2)Cc2cccs2)cc1. The van der Waals surface area contributed by atoms with Crippen LogP contribution >= 0.6 is 11.3 Å². The van der Waals surface area contributed by atoms with Crippen molar-refractivity contribution in [1.82, 2.24) is 14.7 Å². The maximum atomic E-state index is 13.7. The molecule has 0 saturated carbocycles. The third-order valence-corrected chi connectivity index (χ3v) is 7.66. The number of rotatable bonds is 11. The molecule has 0 atom stereocenters. The number of halogens is 1. The van der Waals surface area contributed by atoms with E-state index >= 15 is 0 Å². The third-order valence-electron chi connectivity index (χ3n) is 6.80. The highest BCUT2D eigenvalue weighted by Gasteiger charge is 2.23. The summed E-state index contributed by atoms with van der Waals surface area (Å²) in [5, 5.41) is 4.95. The quantitative estimate of drug-likeness (QED) is 0.346. The normalized spacial score (nSPS) is 13.8. The summed E-state index contributed by atoms with van der Waals surface area (Å²) in [4.78, 5) is 33.7. The summed E-state index contributed by atoms with van der Waals surface area (Å²) < 4.78 is 18.9. The topological polar surface area (TPSA) is 65.1 Å². The van der Waals surface area contributed by atoms with Crippen molar-refractivity contribution in [3.8, 4) is 0 Å². The zero-order valence-electron chi connectivity index (χ0n) is 22.6. The molecule has 0 aliphatic carbocycles. The highest BCUT2D eigenvalue weighted by atomic mass is 32.1. The molecule has 1 aliphatic rings. The molecular weight excluding hydrogens is 515 g/mol. The Bertz CT molecular complexity index is 1180. The molecule has 2 heterocycles. The number of ether oxygens (including phenoxy) is 1. The lowest BCUT2D eigenvalue weighted by Crippen LogP contribution is -2.48. The van der Waals surface area contributed by atoms with E-state index in [1.165, 1.54) is 17.7 Å². The number of anilines is 1. The van der Waals surface area contributed by atoms with Crippen LogP contribution in [0.1, 0.15) is 35.8 Å². The molecular formula is C30H37FN4O3S. The Hall–Kier alpha value is -3.27. The van der Waals surface area contributed by atoms with E-state index < -0.39 is 0 Å². The lowest BCUT2D eigenvalue weighted by molar-refractivity contribution is -0.133. The molecule has 0 spiro atoms. The minimum atomic E-state index is -0.317. The molecule has 9 heteroatoms. The van der Waals surface area contributed by atoms with Gasteiger partial charge in [-0.3, -0.25) is 9.69 Å². The number of hydrogen-bond donors (Lipinski definition) is 1. The van der Waals surface area contributed by atoms with Crippen LogP contribution in [0, 0.1) is 5.82 Å². The number of benzene rings is 2. The number of urea groups is 1. The molecule has 3 amide bonds. The zero-order chi connectivity index (χ0) is 27.6. The third kappa shape index (κ3) is 8.88. The number of amides is 3. The number of nitrogens with one attached hydrogen (secondary N) is 1. The second-order valence-electron chi connectivity index (χ2n) is 10.0. The fourth-order valence-corrected chi connectivity index (χ4v) is 5.11. The monoisotopic (exact) mass is 552 g/mol. The number of thiophene rings is 1. The Labute approximate surface area is 234 Å². The highest BCUT2D eigenvalue weighted by Crippen LogP contribution is 2.19. The van der Waals surface area contributed by atoms with Crippen molar-refractivity contribution in [2.75, 3.05) is 51.3 Å². The van der Waals surface area contributed by atoms with Gasteiger partial charge < -0.3 is 19.9 Å². The number of nitrogens with zero attached hydrogens (tertiary/aromatic N) is 3. The molecule has 0 bridgehead atoms. The first-order valence-corrected chi connectivity index (χ1v) is 14.3. The van der Waals surface area contributed by atoms with E-state index in [9.17, 15) is 14.0 Å². The first-order chi connectivity index (χ1) is 18.9. The molecule has 3 aromatic rings. The molecule has 2 aromatic carbocycles. The number of carbonyl (C=O) groups excluding carboxylic acids is 2. The van der Waals surface area contributed by atoms with Crippen LogP contribution in [-0.2, 0) is 22.6 Å². The Kier molecular flexibility index (Phi) is 10.5. The standard InChI is InChI=1S/C30H37FN4O3S/c1-23(2)25-7-11-27(12-8-25)32-30(37)34(14-13-33-15-17-38-18-16-33)22-29(36)35(21-28-4-3-19-39-28)20-24-5-9-26(31)10-6-24/h3-12,19,23H,13-18,20-22H2,1-2H3,(H,32,37). The van der Waals surface area contributed by atoms with Gasteiger partial charge in [0.1, 0.15) is 12.4 Å². The van der Waals surface area contributed by atoms with Gasteiger partial charge in [0, 0.05) is 43.3 Å². The maximum absolute atomic E-state index is 13.7. The van der Waals surface area contributed by atoms with Crippen molar-refractivity contribution < 1.29 is 18.7 Å². The lowest BCUT2D eigenvalue weighted by Gasteiger charge is -2.31. The predicted molar refractivity (Wildman–Crippen MR) is 153 cm³/mol. The lowest BCUT2D eigenvalue weighted by atomic mass is 10.0. The van der Waals surface area contributed by atoms with Crippen LogP contribution in [-0.4, -0.2) is 72.6 Å². The summed E-state index contributed by atoms with van der Waals surface area (Å²) in [5.41, 5.74) is 2.71. The predicted octanol–water partition coefficient (Wildman–Crippen LogP) is 5.41. The van der Waals surface area contributed by atoms with Crippen LogP contribution in [0.3, 0.4) is 0 Å². The molecule has 0 unspecified atom stereocenters. The first kappa shape index (κ1) is 28.7. The van der Waals surface area contributed by atoms with Crippen molar-refractivity contribution in [3.05, 3.63) is 87.9 Å². The summed E-state index contributed by atoms with van der Waals surface area (Å²) in [5.74, 6) is -0.0879. The minimum Gasteiger partial charge on any atom is -0.379 e. The van der Waals surface area contributed by atoms with E-state index in [0.29, 0.717) is 51.0 Å². The van der Waals surface area contributed by atoms with Gasteiger partial charge in [0.2, 0.25) is 5.91 Å². The zero-order valence-corrected chi connectivity index (χ0v) is 23.5. The van der Waals surface area contributed by atoms with E-state index in [2.05, 4.69) is 24.1 Å². The van der Waals surface area contributed by atoms with Crippen LogP contribution in [0.4, 0.5) is 14.9 Å². The molecule has 1 N–H and O–H groups in total. The largest absolute Gasteiger partial charge is 0.379 e. The second kappa shape index (κ2) is 14.2. The van der Waals surface area contributed by atoms with E-state index in [1.54, 1.807) is 33.3 Å². The summed E-state index contributed by atoms with van der Waals surface area (Å²) in [6, 6.07) is 17.6. The second-order valence-corrected chi connectivity index (χ2v) is 11.1. The van der Waals surface area contributed by atoms with Gasteiger partial charge in [-0.2, -0.15) is 0 Å². The van der Waals surface area contributed by atoms with Crippen molar-refractivity contribution in [2.45, 2.75) is 32.9 Å². The van der Waals surface area contributed by atoms with Gasteiger partial charge in [0.05, 0.1) is 19.8 Å². The van der Waals surface area contributed by atoms with Crippen LogP contribution < -0.4 is 5.32 Å². The average Bonchev–Trinajstić information content (AvgIpc) is 3.46. The molecule has 1 fully saturated rings. The molecule has 4 rings (SSSR count). The molecule has 1 saturated heterocycles. The Balaban J connectivity index is 1.48. The van der Waals surface area contributed by atoms with Gasteiger partial charge in [-0.15, -0.1) is 11.3 Å². The summed E-state index contributed by atoms with van der Waals surface area (Å²) in [6.07, 6.45) is 0. The maximum Gasteiger partial charge on any atom is 0.322 e. The Morgan fingerprint density at radius 2 is 1.72 bits per heavy atom. The molecule has 7 nitrogen and oxygen atoms in total. The van der Waals surface area contributed by atoms with E-state index in [4.69, 9.17) is 4.74 Å². The molecule has 1 aliphatic heterocycles. The van der Waals surface area contributed by atoms with Gasteiger partial charge in [-0.1, -0.05) is 44.2 Å². The van der Waals surface area contributed by atoms with E-state index in [1.807, 2.05) is 41.8 Å². The van der Waals surface area contributed by atoms with Crippen molar-refractivity contribution in [3.63, 3.8) is 0 Å². The fourth-order valence-electron chi connectivity index (χ4n) is 4.39. The van der Waals surface area contributed by atoms with Crippen LogP contribution in [0.15, 0.2) is 66.0 Å². The smallest absolute Gasteiger partial charge is 0.322 e. The minimum absolute atomic E-state index is 0.0627. The molecule has 0 radical (unpaired) electrons. The molecule has 39 heavy (non-hydrogen) atoms. The molecule has 208 valence electrons. The van der Waals surface area contributed by atoms with Gasteiger partial charge in [0.25, 0.3) is 0 Å². The summed E-state index contributed by atoms with van der Waals surface area (Å²) in [7, 11) is 0. The average molecular weight is 553 g/mol. The number of hydrogen-bond acceptors (Lipinski definition) is 5. The van der Waals surface area contributed by atoms with Gasteiger partial charge in [-0.25, -0.2) is 9.18 Å². The van der Waals surface area contributed by atoms with Crippen molar-refractivity contribution >= 4 is 29.0 Å². The number of carbonyl (C=O) groups is 2. The van der Waals surface area contributed by atoms with Crippen LogP contribution in [0.25, 0.3) is 0 Å². The van der Waals surface area contributed by atoms with Gasteiger partial charge in [0.15, 0.2) is 0 Å². The van der Waals surface area contributed by atoms with Crippen molar-refractivity contribution in [1.29, 1.82) is 0 Å².